The minimum atomic E-state index is -0.368. The molecule has 7 heteroatoms. The Hall–Kier alpha value is -2.41. The van der Waals surface area contributed by atoms with Crippen molar-refractivity contribution in [2.75, 3.05) is 24.5 Å². The predicted octanol–water partition coefficient (Wildman–Crippen LogP) is 2.52. The molecule has 0 bridgehead atoms. The minimum absolute atomic E-state index is 0.0550. The van der Waals surface area contributed by atoms with E-state index in [4.69, 9.17) is 5.73 Å². The summed E-state index contributed by atoms with van der Waals surface area (Å²) in [5.41, 5.74) is 10.8. The molecule has 25 heavy (non-hydrogen) atoms. The molecule has 1 aromatic heterocycles. The number of carbonyl (C=O) groups excluding carboxylic acids is 2. The van der Waals surface area contributed by atoms with Gasteiger partial charge >= 0.3 is 6.03 Å². The normalized spacial score (nSPS) is 18.4. The molecule has 1 spiro atoms. The molecule has 1 saturated heterocycles. The second kappa shape index (κ2) is 5.84. The van der Waals surface area contributed by atoms with Gasteiger partial charge in [0.25, 0.3) is 5.91 Å². The molecule has 2 aliphatic heterocycles. The van der Waals surface area contributed by atoms with Gasteiger partial charge in [0, 0.05) is 36.1 Å². The van der Waals surface area contributed by atoms with Crippen LogP contribution in [0.15, 0.2) is 29.1 Å². The van der Waals surface area contributed by atoms with Crippen LogP contribution in [0.5, 0.6) is 0 Å². The maximum atomic E-state index is 12.9. The zero-order valence-electron chi connectivity index (χ0n) is 14.1. The van der Waals surface area contributed by atoms with Crippen molar-refractivity contribution >= 4 is 29.0 Å². The molecule has 0 unspecified atom stereocenters. The summed E-state index contributed by atoms with van der Waals surface area (Å²) in [6, 6.07) is 5.89. The summed E-state index contributed by atoms with van der Waals surface area (Å²) < 4.78 is 0. The van der Waals surface area contributed by atoms with E-state index in [0.717, 1.165) is 18.5 Å². The lowest BCUT2D eigenvalue weighted by Crippen LogP contribution is -2.49. The van der Waals surface area contributed by atoms with Crippen molar-refractivity contribution < 1.29 is 9.59 Å². The van der Waals surface area contributed by atoms with Gasteiger partial charge in [-0.05, 0) is 31.4 Å². The van der Waals surface area contributed by atoms with Gasteiger partial charge in [-0.1, -0.05) is 17.7 Å². The number of likely N-dealkylation sites (tertiary alicyclic amines) is 1. The third kappa shape index (κ3) is 2.59. The molecule has 1 fully saturated rings. The van der Waals surface area contributed by atoms with E-state index >= 15 is 0 Å². The van der Waals surface area contributed by atoms with Crippen LogP contribution in [0.3, 0.4) is 0 Å². The van der Waals surface area contributed by atoms with Crippen LogP contribution in [0.2, 0.25) is 0 Å². The fourth-order valence-electron chi connectivity index (χ4n) is 4.00. The average molecular weight is 356 g/mol. The summed E-state index contributed by atoms with van der Waals surface area (Å²) in [4.78, 5) is 32.1. The molecule has 6 nitrogen and oxygen atoms in total. The lowest BCUT2D eigenvalue weighted by molar-refractivity contribution is 0.0974. The van der Waals surface area contributed by atoms with Gasteiger partial charge < -0.3 is 15.5 Å². The standard InChI is InChI=1S/C18H20N4O2S/c1-12-2-3-15-13(8-12)18(4-6-21(7-5-18)17(19)24)10-22(15)16(23)14-9-25-11-20-14/h2-3,8-9,11H,4-7,10H2,1H3,(H2,19,24). The van der Waals surface area contributed by atoms with Crippen molar-refractivity contribution in [2.24, 2.45) is 5.73 Å². The van der Waals surface area contributed by atoms with E-state index in [9.17, 15) is 9.59 Å². The van der Waals surface area contributed by atoms with E-state index in [2.05, 4.69) is 18.0 Å². The Balaban J connectivity index is 1.70. The number of thiazole rings is 1. The summed E-state index contributed by atoms with van der Waals surface area (Å²) in [7, 11) is 0. The highest BCUT2D eigenvalue weighted by Gasteiger charge is 2.47. The van der Waals surface area contributed by atoms with Crippen molar-refractivity contribution in [3.05, 3.63) is 45.9 Å². The van der Waals surface area contributed by atoms with Crippen LogP contribution in [0.4, 0.5) is 10.5 Å². The maximum absolute atomic E-state index is 12.9. The highest BCUT2D eigenvalue weighted by Crippen LogP contribution is 2.47. The zero-order valence-corrected chi connectivity index (χ0v) is 14.9. The Kier molecular flexibility index (Phi) is 3.76. The number of aryl methyl sites for hydroxylation is 1. The molecule has 2 aliphatic rings. The molecule has 0 saturated carbocycles. The number of amides is 3. The quantitative estimate of drug-likeness (QED) is 0.853. The van der Waals surface area contributed by atoms with Crippen molar-refractivity contribution in [1.82, 2.24) is 9.88 Å². The van der Waals surface area contributed by atoms with Crippen molar-refractivity contribution in [3.63, 3.8) is 0 Å². The first kappa shape index (κ1) is 16.1. The number of hydrogen-bond donors (Lipinski definition) is 1. The molecular formula is C18H20N4O2S. The smallest absolute Gasteiger partial charge is 0.314 e. The number of carbonyl (C=O) groups is 2. The van der Waals surface area contributed by atoms with Crippen molar-refractivity contribution in [1.29, 1.82) is 0 Å². The van der Waals surface area contributed by atoms with E-state index in [0.29, 0.717) is 25.3 Å². The highest BCUT2D eigenvalue weighted by atomic mass is 32.1. The first-order valence-corrected chi connectivity index (χ1v) is 9.30. The number of benzene rings is 1. The van der Waals surface area contributed by atoms with Gasteiger partial charge in [0.1, 0.15) is 5.69 Å². The van der Waals surface area contributed by atoms with Gasteiger partial charge in [0.15, 0.2) is 0 Å². The lowest BCUT2D eigenvalue weighted by Gasteiger charge is -2.39. The fraction of sp³-hybridized carbons (Fsp3) is 0.389. The molecule has 2 aromatic rings. The fourth-order valence-corrected chi connectivity index (χ4v) is 4.53. The average Bonchev–Trinajstić information content (AvgIpc) is 3.23. The molecular weight excluding hydrogens is 336 g/mol. The number of anilines is 1. The number of nitrogens with two attached hydrogens (primary N) is 1. The second-order valence-electron chi connectivity index (χ2n) is 6.89. The molecule has 2 N–H and O–H groups in total. The summed E-state index contributed by atoms with van der Waals surface area (Å²) in [5, 5.41) is 1.79. The largest absolute Gasteiger partial charge is 0.351 e. The SMILES string of the molecule is Cc1ccc2c(c1)C1(CCN(C(N)=O)CC1)CN2C(=O)c1cscn1. The molecule has 130 valence electrons. The van der Waals surface area contributed by atoms with E-state index in [-0.39, 0.29) is 17.4 Å². The number of nitrogens with zero attached hydrogens (tertiary/aromatic N) is 3. The minimum Gasteiger partial charge on any atom is -0.351 e. The van der Waals surface area contributed by atoms with E-state index in [1.54, 1.807) is 15.8 Å². The summed E-state index contributed by atoms with van der Waals surface area (Å²) >= 11 is 1.42. The van der Waals surface area contributed by atoms with Crippen LogP contribution in [0, 0.1) is 6.92 Å². The Morgan fingerprint density at radius 1 is 1.28 bits per heavy atom. The van der Waals surface area contributed by atoms with Crippen molar-refractivity contribution in [2.45, 2.75) is 25.2 Å². The molecule has 0 aliphatic carbocycles. The molecule has 3 amide bonds. The molecule has 4 rings (SSSR count). The van der Waals surface area contributed by atoms with Gasteiger partial charge in [-0.25, -0.2) is 9.78 Å². The summed E-state index contributed by atoms with van der Waals surface area (Å²) in [5.74, 6) is -0.0550. The number of rotatable bonds is 1. The maximum Gasteiger partial charge on any atom is 0.314 e. The van der Waals surface area contributed by atoms with Crippen LogP contribution >= 0.6 is 11.3 Å². The number of fused-ring (bicyclic) bond motifs is 2. The van der Waals surface area contributed by atoms with E-state index in [1.165, 1.54) is 22.5 Å². The van der Waals surface area contributed by atoms with Gasteiger partial charge in [0.2, 0.25) is 0 Å². The number of piperidine rings is 1. The summed E-state index contributed by atoms with van der Waals surface area (Å²) in [6.07, 6.45) is 1.63. The van der Waals surface area contributed by atoms with Crippen LogP contribution < -0.4 is 10.6 Å². The predicted molar refractivity (Wildman–Crippen MR) is 97.0 cm³/mol. The van der Waals surface area contributed by atoms with Gasteiger partial charge in [-0.2, -0.15) is 0 Å². The monoisotopic (exact) mass is 356 g/mol. The first-order valence-electron chi connectivity index (χ1n) is 8.36. The van der Waals surface area contributed by atoms with Gasteiger partial charge in [0.05, 0.1) is 5.51 Å². The van der Waals surface area contributed by atoms with Crippen LogP contribution in [0.25, 0.3) is 0 Å². The van der Waals surface area contributed by atoms with E-state index in [1.807, 2.05) is 17.0 Å². The third-order valence-corrected chi connectivity index (χ3v) is 5.99. The first-order chi connectivity index (χ1) is 12.0. The highest BCUT2D eigenvalue weighted by molar-refractivity contribution is 7.07. The Labute approximate surface area is 150 Å². The van der Waals surface area contributed by atoms with Crippen LogP contribution in [0.1, 0.15) is 34.5 Å². The molecule has 3 heterocycles. The van der Waals surface area contributed by atoms with Crippen LogP contribution in [-0.2, 0) is 5.41 Å². The number of primary amides is 1. The molecule has 0 atom stereocenters. The van der Waals surface area contributed by atoms with Gasteiger partial charge in [-0.15, -0.1) is 11.3 Å². The lowest BCUT2D eigenvalue weighted by atomic mass is 9.74. The molecule has 1 aromatic carbocycles. The number of aromatic nitrogens is 1. The molecule has 0 radical (unpaired) electrons. The zero-order chi connectivity index (χ0) is 17.6. The second-order valence-corrected chi connectivity index (χ2v) is 7.61. The Bertz CT molecular complexity index is 826. The van der Waals surface area contributed by atoms with Gasteiger partial charge in [-0.3, -0.25) is 4.79 Å². The van der Waals surface area contributed by atoms with Crippen molar-refractivity contribution in [3.8, 4) is 0 Å². The van der Waals surface area contributed by atoms with E-state index < -0.39 is 0 Å². The summed E-state index contributed by atoms with van der Waals surface area (Å²) in [6.45, 7) is 3.95. The number of hydrogen-bond acceptors (Lipinski definition) is 4. The topological polar surface area (TPSA) is 79.5 Å². The number of urea groups is 1. The Morgan fingerprint density at radius 2 is 2.04 bits per heavy atom. The van der Waals surface area contributed by atoms with Crippen LogP contribution in [-0.4, -0.2) is 41.5 Å². The Morgan fingerprint density at radius 3 is 2.68 bits per heavy atom. The third-order valence-electron chi connectivity index (χ3n) is 5.40.